The molecule has 0 unspecified atom stereocenters. The molecule has 0 radical (unpaired) electrons. The standard InChI is InChI=1S/C7H6N2S/c1-2-8-5-10-7-4-9-3-6(1)7/h1-5,9H. The Hall–Kier alpha value is -0.960. The molecule has 0 spiro atoms. The first kappa shape index (κ1) is 5.80. The second-order valence-electron chi connectivity index (χ2n) is 1.96. The van der Waals surface area contributed by atoms with Gasteiger partial charge in [0.25, 0.3) is 0 Å². The lowest BCUT2D eigenvalue weighted by Gasteiger charge is -1.87. The van der Waals surface area contributed by atoms with E-state index in [0.29, 0.717) is 0 Å². The first-order valence-corrected chi connectivity index (χ1v) is 3.86. The fraction of sp³-hybridized carbons (Fsp3) is 0. The first-order chi connectivity index (χ1) is 4.97. The number of H-pyrrole nitrogens is 1. The molecule has 1 aliphatic rings. The van der Waals surface area contributed by atoms with E-state index in [2.05, 4.69) is 9.98 Å². The van der Waals surface area contributed by atoms with Crippen LogP contribution in [0.4, 0.5) is 0 Å². The highest BCUT2D eigenvalue weighted by atomic mass is 32.2. The Balaban J connectivity index is 2.50. The van der Waals surface area contributed by atoms with Crippen molar-refractivity contribution in [3.8, 4) is 0 Å². The lowest BCUT2D eigenvalue weighted by molar-refractivity contribution is 1.38. The second-order valence-corrected chi connectivity index (χ2v) is 2.85. The molecule has 0 amide bonds. The number of aromatic amines is 1. The number of aliphatic imine (C=N–C) groups is 1. The molecular formula is C7H6N2S. The van der Waals surface area contributed by atoms with Crippen LogP contribution in [0.5, 0.6) is 0 Å². The molecule has 10 heavy (non-hydrogen) atoms. The zero-order chi connectivity index (χ0) is 6.81. The monoisotopic (exact) mass is 150 g/mol. The van der Waals surface area contributed by atoms with Crippen LogP contribution < -0.4 is 0 Å². The second kappa shape index (κ2) is 2.34. The van der Waals surface area contributed by atoms with Crippen molar-refractivity contribution in [2.24, 2.45) is 4.99 Å². The Bertz CT molecular complexity index is 286. The van der Waals surface area contributed by atoms with Gasteiger partial charge in [0.05, 0.1) is 5.55 Å². The van der Waals surface area contributed by atoms with Crippen LogP contribution in [0.15, 0.2) is 28.5 Å². The highest BCUT2D eigenvalue weighted by Gasteiger charge is 2.00. The number of hydrogen-bond acceptors (Lipinski definition) is 2. The smallest absolute Gasteiger partial charge is 0.0645 e. The van der Waals surface area contributed by atoms with Gasteiger partial charge in [0.1, 0.15) is 0 Å². The summed E-state index contributed by atoms with van der Waals surface area (Å²) in [7, 11) is 0. The Morgan fingerprint density at radius 2 is 2.40 bits per heavy atom. The van der Waals surface area contributed by atoms with E-state index in [1.54, 1.807) is 18.0 Å². The van der Waals surface area contributed by atoms with Crippen molar-refractivity contribution in [3.05, 3.63) is 24.2 Å². The molecule has 0 saturated heterocycles. The number of fused-ring (bicyclic) bond motifs is 1. The van der Waals surface area contributed by atoms with E-state index < -0.39 is 0 Å². The fourth-order valence-corrected chi connectivity index (χ4v) is 1.48. The van der Waals surface area contributed by atoms with Crippen LogP contribution in [0.2, 0.25) is 0 Å². The molecule has 2 nitrogen and oxygen atoms in total. The number of nitrogens with zero attached hydrogens (tertiary/aromatic N) is 1. The molecule has 0 aliphatic carbocycles. The van der Waals surface area contributed by atoms with Crippen molar-refractivity contribution >= 4 is 23.4 Å². The Morgan fingerprint density at radius 1 is 1.40 bits per heavy atom. The third kappa shape index (κ3) is 0.885. The molecule has 1 N–H and O–H groups in total. The van der Waals surface area contributed by atoms with E-state index in [4.69, 9.17) is 0 Å². The molecular weight excluding hydrogens is 144 g/mol. The van der Waals surface area contributed by atoms with E-state index in [9.17, 15) is 0 Å². The maximum absolute atomic E-state index is 4.00. The van der Waals surface area contributed by atoms with Gasteiger partial charge in [-0.3, -0.25) is 4.99 Å². The zero-order valence-corrected chi connectivity index (χ0v) is 6.06. The summed E-state index contributed by atoms with van der Waals surface area (Å²) >= 11 is 1.63. The maximum Gasteiger partial charge on any atom is 0.0645 e. The summed E-state index contributed by atoms with van der Waals surface area (Å²) in [4.78, 5) is 8.27. The molecule has 1 aromatic heterocycles. The number of aromatic nitrogens is 1. The van der Waals surface area contributed by atoms with Crippen LogP contribution in [0.3, 0.4) is 0 Å². The molecule has 0 aromatic carbocycles. The van der Waals surface area contributed by atoms with Gasteiger partial charge in [-0.2, -0.15) is 0 Å². The van der Waals surface area contributed by atoms with E-state index in [0.717, 1.165) is 0 Å². The molecule has 0 saturated carbocycles. The van der Waals surface area contributed by atoms with E-state index >= 15 is 0 Å². The first-order valence-electron chi connectivity index (χ1n) is 2.98. The Morgan fingerprint density at radius 3 is 3.40 bits per heavy atom. The highest BCUT2D eigenvalue weighted by Crippen LogP contribution is 2.23. The summed E-state index contributed by atoms with van der Waals surface area (Å²) in [5.74, 6) is 0. The normalized spacial score (nSPS) is 14.8. The summed E-state index contributed by atoms with van der Waals surface area (Å²) < 4.78 is 0. The molecule has 1 aromatic rings. The minimum Gasteiger partial charge on any atom is -0.366 e. The maximum atomic E-state index is 4.00. The highest BCUT2D eigenvalue weighted by molar-refractivity contribution is 8.12. The van der Waals surface area contributed by atoms with Gasteiger partial charge in [-0.15, -0.1) is 0 Å². The number of nitrogens with one attached hydrogen (secondary N) is 1. The molecule has 2 rings (SSSR count). The summed E-state index contributed by atoms with van der Waals surface area (Å²) in [5, 5.41) is 0. The predicted molar refractivity (Wildman–Crippen MR) is 44.2 cm³/mol. The fourth-order valence-electron chi connectivity index (χ4n) is 0.840. The summed E-state index contributed by atoms with van der Waals surface area (Å²) in [6, 6.07) is 0. The van der Waals surface area contributed by atoms with Gasteiger partial charge in [0.2, 0.25) is 0 Å². The van der Waals surface area contributed by atoms with Crippen LogP contribution in [0.25, 0.3) is 6.08 Å². The number of thioether (sulfide) groups is 1. The van der Waals surface area contributed by atoms with Gasteiger partial charge >= 0.3 is 0 Å². The summed E-state index contributed by atoms with van der Waals surface area (Å²) in [6.07, 6.45) is 7.73. The largest absolute Gasteiger partial charge is 0.366 e. The Kier molecular flexibility index (Phi) is 1.36. The summed E-state index contributed by atoms with van der Waals surface area (Å²) in [6.45, 7) is 0. The minimum atomic E-state index is 1.21. The van der Waals surface area contributed by atoms with Gasteiger partial charge in [0, 0.05) is 29.1 Å². The van der Waals surface area contributed by atoms with E-state index in [1.165, 1.54) is 10.5 Å². The van der Waals surface area contributed by atoms with E-state index in [1.807, 2.05) is 24.0 Å². The lowest BCUT2D eigenvalue weighted by Crippen LogP contribution is -1.65. The topological polar surface area (TPSA) is 28.1 Å². The molecule has 0 fully saturated rings. The molecule has 0 bridgehead atoms. The van der Waals surface area contributed by atoms with Gasteiger partial charge in [-0.05, 0) is 6.08 Å². The Labute approximate surface area is 63.1 Å². The van der Waals surface area contributed by atoms with E-state index in [-0.39, 0.29) is 0 Å². The van der Waals surface area contributed by atoms with Crippen LogP contribution >= 0.6 is 11.8 Å². The molecule has 2 heterocycles. The van der Waals surface area contributed by atoms with Crippen molar-refractivity contribution in [1.29, 1.82) is 0 Å². The SMILES string of the molecule is C1=Cc2c[nH]cc2SC=N1. The predicted octanol–water partition coefficient (Wildman–Crippen LogP) is 2.12. The zero-order valence-electron chi connectivity index (χ0n) is 5.24. The van der Waals surface area contributed by atoms with Crippen molar-refractivity contribution in [3.63, 3.8) is 0 Å². The third-order valence-corrected chi connectivity index (χ3v) is 2.15. The van der Waals surface area contributed by atoms with Crippen molar-refractivity contribution < 1.29 is 0 Å². The van der Waals surface area contributed by atoms with Crippen LogP contribution in [-0.2, 0) is 0 Å². The van der Waals surface area contributed by atoms with Gasteiger partial charge in [0.15, 0.2) is 0 Å². The van der Waals surface area contributed by atoms with Crippen molar-refractivity contribution in [2.75, 3.05) is 0 Å². The van der Waals surface area contributed by atoms with Crippen LogP contribution in [0.1, 0.15) is 5.56 Å². The third-order valence-electron chi connectivity index (χ3n) is 1.32. The van der Waals surface area contributed by atoms with Crippen LogP contribution in [-0.4, -0.2) is 10.5 Å². The number of rotatable bonds is 0. The van der Waals surface area contributed by atoms with Crippen molar-refractivity contribution in [2.45, 2.75) is 4.90 Å². The van der Waals surface area contributed by atoms with Crippen molar-refractivity contribution in [1.82, 2.24) is 4.98 Å². The quantitative estimate of drug-likeness (QED) is 0.602. The molecule has 0 atom stereocenters. The molecule has 1 aliphatic heterocycles. The van der Waals surface area contributed by atoms with Gasteiger partial charge < -0.3 is 4.98 Å². The average molecular weight is 150 g/mol. The number of hydrogen-bond donors (Lipinski definition) is 1. The lowest BCUT2D eigenvalue weighted by atomic mass is 10.3. The van der Waals surface area contributed by atoms with Crippen LogP contribution in [0, 0.1) is 0 Å². The van der Waals surface area contributed by atoms with Gasteiger partial charge in [-0.25, -0.2) is 0 Å². The molecule has 50 valence electrons. The minimum absolute atomic E-state index is 1.21. The van der Waals surface area contributed by atoms with Gasteiger partial charge in [-0.1, -0.05) is 11.8 Å². The average Bonchev–Trinajstić information content (AvgIpc) is 2.28. The molecule has 3 heteroatoms. The summed E-state index contributed by atoms with van der Waals surface area (Å²) in [5.41, 5.74) is 3.04.